The van der Waals surface area contributed by atoms with Crippen LogP contribution in [0.15, 0.2) is 42.5 Å². The Balaban J connectivity index is 1.96. The van der Waals surface area contributed by atoms with Crippen LogP contribution in [-0.2, 0) is 4.79 Å². The van der Waals surface area contributed by atoms with Crippen LogP contribution in [0.25, 0.3) is 0 Å². The monoisotopic (exact) mass is 347 g/mol. The summed E-state index contributed by atoms with van der Waals surface area (Å²) in [5.41, 5.74) is 0.277. The number of ether oxygens (including phenoxy) is 1. The third-order valence-corrected chi connectivity index (χ3v) is 3.33. The van der Waals surface area contributed by atoms with Crippen LogP contribution >= 0.6 is 0 Å². The van der Waals surface area contributed by atoms with E-state index in [0.717, 1.165) is 12.1 Å². The maximum atomic E-state index is 13.6. The minimum absolute atomic E-state index is 0.0546. The zero-order valence-electron chi connectivity index (χ0n) is 14.0. The topological polar surface area (TPSA) is 55.4 Å². The van der Waals surface area contributed by atoms with Crippen molar-refractivity contribution < 1.29 is 23.1 Å². The van der Waals surface area contributed by atoms with Gasteiger partial charge in [0.05, 0.1) is 17.4 Å². The predicted octanol–water partition coefficient (Wildman–Crippen LogP) is 4.35. The summed E-state index contributed by atoms with van der Waals surface area (Å²) in [7, 11) is 0. The summed E-state index contributed by atoms with van der Waals surface area (Å²) in [6.07, 6.45) is -0.353. The Labute approximate surface area is 144 Å². The number of carbonyl (C=O) groups is 2. The van der Waals surface area contributed by atoms with E-state index in [0.29, 0.717) is 17.5 Å². The highest BCUT2D eigenvalue weighted by molar-refractivity contribution is 6.00. The molecular formula is C19H19F2NO3. The summed E-state index contributed by atoms with van der Waals surface area (Å²) in [4.78, 5) is 24.0. The molecule has 4 nitrogen and oxygen atoms in total. The van der Waals surface area contributed by atoms with Gasteiger partial charge in [0.15, 0.2) is 5.78 Å². The van der Waals surface area contributed by atoms with Crippen LogP contribution in [0.4, 0.5) is 14.5 Å². The number of para-hydroxylation sites is 2. The zero-order valence-corrected chi connectivity index (χ0v) is 14.0. The molecule has 6 heteroatoms. The summed E-state index contributed by atoms with van der Waals surface area (Å²) < 4.78 is 32.0. The molecule has 0 aliphatic rings. The smallest absolute Gasteiger partial charge is 0.224 e. The number of amides is 1. The van der Waals surface area contributed by atoms with Crippen LogP contribution in [0.1, 0.15) is 37.0 Å². The van der Waals surface area contributed by atoms with Gasteiger partial charge in [0.25, 0.3) is 0 Å². The lowest BCUT2D eigenvalue weighted by Crippen LogP contribution is -2.15. The number of anilines is 1. The number of carbonyl (C=O) groups excluding carboxylic acids is 2. The molecule has 25 heavy (non-hydrogen) atoms. The lowest BCUT2D eigenvalue weighted by molar-refractivity contribution is -0.116. The molecule has 0 aliphatic heterocycles. The summed E-state index contributed by atoms with van der Waals surface area (Å²) in [5, 5.41) is 2.68. The number of nitrogens with one attached hydrogen (secondary N) is 1. The van der Waals surface area contributed by atoms with Crippen molar-refractivity contribution in [2.75, 3.05) is 5.32 Å². The fourth-order valence-electron chi connectivity index (χ4n) is 2.22. The molecule has 0 aliphatic carbocycles. The van der Waals surface area contributed by atoms with E-state index in [2.05, 4.69) is 5.32 Å². The molecule has 132 valence electrons. The number of hydrogen-bond donors (Lipinski definition) is 1. The Hall–Kier alpha value is -2.76. The maximum Gasteiger partial charge on any atom is 0.224 e. The van der Waals surface area contributed by atoms with Gasteiger partial charge in [0, 0.05) is 18.9 Å². The van der Waals surface area contributed by atoms with Gasteiger partial charge in [-0.05, 0) is 38.1 Å². The van der Waals surface area contributed by atoms with Crippen molar-refractivity contribution in [2.24, 2.45) is 0 Å². The van der Waals surface area contributed by atoms with Crippen LogP contribution in [0.5, 0.6) is 5.75 Å². The summed E-state index contributed by atoms with van der Waals surface area (Å²) in [5.74, 6) is -2.11. The van der Waals surface area contributed by atoms with Gasteiger partial charge in [-0.15, -0.1) is 0 Å². The lowest BCUT2D eigenvalue weighted by Gasteiger charge is -2.14. The molecule has 0 heterocycles. The molecule has 0 bridgehead atoms. The second-order valence-corrected chi connectivity index (χ2v) is 5.76. The van der Waals surface area contributed by atoms with Gasteiger partial charge in [0.1, 0.15) is 17.4 Å². The molecule has 2 rings (SSSR count). The molecule has 0 spiro atoms. The number of benzene rings is 2. The van der Waals surface area contributed by atoms with Crippen molar-refractivity contribution in [1.29, 1.82) is 0 Å². The van der Waals surface area contributed by atoms with Crippen molar-refractivity contribution in [3.05, 3.63) is 59.7 Å². The number of halogens is 2. The molecule has 0 saturated carbocycles. The Bertz CT molecular complexity index is 775. The normalized spacial score (nSPS) is 10.6. The summed E-state index contributed by atoms with van der Waals surface area (Å²) in [6.45, 7) is 3.74. The quantitative estimate of drug-likeness (QED) is 0.758. The molecule has 0 atom stereocenters. The van der Waals surface area contributed by atoms with Crippen LogP contribution < -0.4 is 10.1 Å². The second-order valence-electron chi connectivity index (χ2n) is 5.76. The van der Waals surface area contributed by atoms with E-state index in [4.69, 9.17) is 4.74 Å². The Morgan fingerprint density at radius 2 is 1.80 bits per heavy atom. The summed E-state index contributed by atoms with van der Waals surface area (Å²) >= 11 is 0. The van der Waals surface area contributed by atoms with E-state index in [1.165, 1.54) is 0 Å². The molecule has 1 amide bonds. The standard InChI is InChI=1S/C19H19F2NO3/c1-12(2)25-18-6-4-3-5-16(18)22-19(24)10-9-17(23)14-8-7-13(20)11-15(14)21/h3-8,11-12H,9-10H2,1-2H3,(H,22,24). The number of hydrogen-bond acceptors (Lipinski definition) is 3. The van der Waals surface area contributed by atoms with Crippen LogP contribution in [0, 0.1) is 11.6 Å². The third kappa shape index (κ3) is 5.38. The first kappa shape index (κ1) is 18.6. The van der Waals surface area contributed by atoms with Crippen LogP contribution in [0.2, 0.25) is 0 Å². The van der Waals surface area contributed by atoms with Crippen molar-refractivity contribution in [3.8, 4) is 5.75 Å². The van der Waals surface area contributed by atoms with E-state index >= 15 is 0 Å². The van der Waals surface area contributed by atoms with E-state index in [-0.39, 0.29) is 24.5 Å². The van der Waals surface area contributed by atoms with Gasteiger partial charge in [-0.25, -0.2) is 8.78 Å². The van der Waals surface area contributed by atoms with E-state index in [1.54, 1.807) is 24.3 Å². The molecule has 0 fully saturated rings. The second kappa shape index (κ2) is 8.37. The molecule has 2 aromatic rings. The first-order chi connectivity index (χ1) is 11.9. The fourth-order valence-corrected chi connectivity index (χ4v) is 2.22. The van der Waals surface area contributed by atoms with Crippen LogP contribution in [-0.4, -0.2) is 17.8 Å². The third-order valence-electron chi connectivity index (χ3n) is 3.33. The SMILES string of the molecule is CC(C)Oc1ccccc1NC(=O)CCC(=O)c1ccc(F)cc1F. The van der Waals surface area contributed by atoms with E-state index < -0.39 is 23.3 Å². The average Bonchev–Trinajstić information content (AvgIpc) is 2.54. The molecule has 0 unspecified atom stereocenters. The Morgan fingerprint density at radius 3 is 2.48 bits per heavy atom. The van der Waals surface area contributed by atoms with Crippen LogP contribution in [0.3, 0.4) is 0 Å². The number of ketones is 1. The zero-order chi connectivity index (χ0) is 18.4. The highest BCUT2D eigenvalue weighted by Gasteiger charge is 2.15. The van der Waals surface area contributed by atoms with Crippen molar-refractivity contribution in [3.63, 3.8) is 0 Å². The van der Waals surface area contributed by atoms with Gasteiger partial charge in [-0.3, -0.25) is 9.59 Å². The maximum absolute atomic E-state index is 13.6. The molecule has 0 aromatic heterocycles. The molecule has 0 radical (unpaired) electrons. The highest BCUT2D eigenvalue weighted by atomic mass is 19.1. The van der Waals surface area contributed by atoms with E-state index in [1.807, 2.05) is 13.8 Å². The highest BCUT2D eigenvalue weighted by Crippen LogP contribution is 2.25. The molecule has 1 N–H and O–H groups in total. The minimum Gasteiger partial charge on any atom is -0.489 e. The average molecular weight is 347 g/mol. The van der Waals surface area contributed by atoms with Gasteiger partial charge < -0.3 is 10.1 Å². The lowest BCUT2D eigenvalue weighted by atomic mass is 10.1. The Kier molecular flexibility index (Phi) is 6.22. The van der Waals surface area contributed by atoms with Crippen molar-refractivity contribution in [2.45, 2.75) is 32.8 Å². The molecule has 2 aromatic carbocycles. The molecule has 0 saturated heterocycles. The fraction of sp³-hybridized carbons (Fsp3) is 0.263. The van der Waals surface area contributed by atoms with E-state index in [9.17, 15) is 18.4 Å². The Morgan fingerprint density at radius 1 is 1.08 bits per heavy atom. The van der Waals surface area contributed by atoms with Crippen molar-refractivity contribution in [1.82, 2.24) is 0 Å². The van der Waals surface area contributed by atoms with Gasteiger partial charge in [-0.2, -0.15) is 0 Å². The number of rotatable bonds is 7. The number of Topliss-reactive ketones (excluding diaryl/α,β-unsaturated/α-hetero) is 1. The van der Waals surface area contributed by atoms with Crippen molar-refractivity contribution >= 4 is 17.4 Å². The predicted molar refractivity (Wildman–Crippen MR) is 90.8 cm³/mol. The van der Waals surface area contributed by atoms with Gasteiger partial charge in [-0.1, -0.05) is 12.1 Å². The van der Waals surface area contributed by atoms with Gasteiger partial charge >= 0.3 is 0 Å². The molecular weight excluding hydrogens is 328 g/mol. The largest absolute Gasteiger partial charge is 0.489 e. The van der Waals surface area contributed by atoms with Gasteiger partial charge in [0.2, 0.25) is 5.91 Å². The first-order valence-electron chi connectivity index (χ1n) is 7.90. The first-order valence-corrected chi connectivity index (χ1v) is 7.90. The minimum atomic E-state index is -0.930. The summed E-state index contributed by atoms with van der Waals surface area (Å²) in [6, 6.07) is 9.70.